The summed E-state index contributed by atoms with van der Waals surface area (Å²) in [6.07, 6.45) is 1.81. The van der Waals surface area contributed by atoms with Gasteiger partial charge in [0.1, 0.15) is 11.4 Å². The van der Waals surface area contributed by atoms with Gasteiger partial charge in [-0.05, 0) is 42.5 Å². The Morgan fingerprint density at radius 2 is 1.87 bits per heavy atom. The summed E-state index contributed by atoms with van der Waals surface area (Å²) in [5.74, 6) is 6.27. The second-order valence-corrected chi connectivity index (χ2v) is 5.53. The van der Waals surface area contributed by atoms with Crippen LogP contribution in [0.25, 0.3) is 11.3 Å². The molecule has 0 unspecified atom stereocenters. The average Bonchev–Trinajstić information content (AvgIpc) is 2.90. The first-order valence-corrected chi connectivity index (χ1v) is 7.31. The summed E-state index contributed by atoms with van der Waals surface area (Å²) >= 11 is 6.02. The average molecular weight is 324 g/mol. The Morgan fingerprint density at radius 3 is 2.61 bits per heavy atom. The number of anilines is 1. The van der Waals surface area contributed by atoms with E-state index in [0.717, 1.165) is 5.56 Å². The van der Waals surface area contributed by atoms with E-state index in [-0.39, 0.29) is 5.75 Å². The first-order chi connectivity index (χ1) is 11.0. The zero-order chi connectivity index (χ0) is 16.4. The molecule has 23 heavy (non-hydrogen) atoms. The van der Waals surface area contributed by atoms with Crippen LogP contribution in [0.15, 0.2) is 48.7 Å². The molecule has 0 saturated carbocycles. The summed E-state index contributed by atoms with van der Waals surface area (Å²) in [6, 6.07) is 12.2. The fourth-order valence-corrected chi connectivity index (χ4v) is 2.35. The minimum Gasteiger partial charge on any atom is -0.507 e. The van der Waals surface area contributed by atoms with Crippen molar-refractivity contribution in [1.29, 1.82) is 0 Å². The number of aromatic nitrogens is 2. The topological polar surface area (TPSA) is 64.1 Å². The zero-order valence-electron chi connectivity index (χ0n) is 12.4. The van der Waals surface area contributed by atoms with E-state index in [9.17, 15) is 5.11 Å². The third-order valence-corrected chi connectivity index (χ3v) is 3.53. The summed E-state index contributed by atoms with van der Waals surface area (Å²) < 4.78 is 1.66. The maximum atomic E-state index is 10.1. The summed E-state index contributed by atoms with van der Waals surface area (Å²) in [7, 11) is 1.81. The molecule has 3 rings (SSSR count). The van der Waals surface area contributed by atoms with Gasteiger partial charge < -0.3 is 10.8 Å². The molecule has 0 aliphatic carbocycles. The van der Waals surface area contributed by atoms with Gasteiger partial charge in [-0.3, -0.25) is 4.68 Å². The summed E-state index contributed by atoms with van der Waals surface area (Å²) in [5, 5.41) is 15.0. The lowest BCUT2D eigenvalue weighted by Gasteiger charge is -2.02. The summed E-state index contributed by atoms with van der Waals surface area (Å²) in [5.41, 5.74) is 9.07. The predicted molar refractivity (Wildman–Crippen MR) is 92.2 cm³/mol. The molecule has 4 nitrogen and oxygen atoms in total. The quantitative estimate of drug-likeness (QED) is 0.532. The number of rotatable bonds is 1. The van der Waals surface area contributed by atoms with E-state index in [1.54, 1.807) is 48.3 Å². The number of benzene rings is 2. The zero-order valence-corrected chi connectivity index (χ0v) is 13.2. The van der Waals surface area contributed by atoms with E-state index in [4.69, 9.17) is 17.3 Å². The predicted octanol–water partition coefficient (Wildman–Crippen LogP) is 3.43. The van der Waals surface area contributed by atoms with Crippen LogP contribution in [-0.4, -0.2) is 14.9 Å². The van der Waals surface area contributed by atoms with Gasteiger partial charge in [0, 0.05) is 35.1 Å². The van der Waals surface area contributed by atoms with Crippen molar-refractivity contribution < 1.29 is 5.11 Å². The van der Waals surface area contributed by atoms with Crippen LogP contribution in [0.3, 0.4) is 0 Å². The molecule has 0 amide bonds. The van der Waals surface area contributed by atoms with Crippen molar-refractivity contribution in [1.82, 2.24) is 9.78 Å². The van der Waals surface area contributed by atoms with E-state index in [2.05, 4.69) is 16.9 Å². The van der Waals surface area contributed by atoms with Gasteiger partial charge in [0.2, 0.25) is 0 Å². The number of phenols is 1. The van der Waals surface area contributed by atoms with Gasteiger partial charge in [-0.1, -0.05) is 23.4 Å². The highest BCUT2D eigenvalue weighted by atomic mass is 35.5. The lowest BCUT2D eigenvalue weighted by Crippen LogP contribution is -1.88. The Bertz CT molecular complexity index is 918. The minimum absolute atomic E-state index is 0.114. The van der Waals surface area contributed by atoms with Gasteiger partial charge in [0.05, 0.1) is 5.56 Å². The van der Waals surface area contributed by atoms with Gasteiger partial charge in [0.25, 0.3) is 0 Å². The third kappa shape index (κ3) is 3.31. The maximum absolute atomic E-state index is 10.1. The van der Waals surface area contributed by atoms with Crippen LogP contribution in [0.2, 0.25) is 5.02 Å². The third-order valence-electron chi connectivity index (χ3n) is 3.29. The number of nitrogens with zero attached hydrogens (tertiary/aromatic N) is 2. The lowest BCUT2D eigenvalue weighted by molar-refractivity contribution is 0.477. The number of nitrogens with two attached hydrogens (primary N) is 1. The van der Waals surface area contributed by atoms with Gasteiger partial charge in [0.15, 0.2) is 0 Å². The molecule has 0 aliphatic rings. The molecular weight excluding hydrogens is 310 g/mol. The van der Waals surface area contributed by atoms with Crippen LogP contribution in [0.5, 0.6) is 5.75 Å². The molecule has 0 fully saturated rings. The van der Waals surface area contributed by atoms with Crippen LogP contribution in [0.4, 0.5) is 5.69 Å². The molecule has 1 heterocycles. The second kappa shape index (κ2) is 6.07. The van der Waals surface area contributed by atoms with Crippen LogP contribution < -0.4 is 5.73 Å². The van der Waals surface area contributed by atoms with Gasteiger partial charge in [-0.25, -0.2) is 0 Å². The van der Waals surface area contributed by atoms with Gasteiger partial charge >= 0.3 is 0 Å². The Balaban J connectivity index is 2.05. The molecule has 2 aromatic carbocycles. The number of halogens is 1. The second-order valence-electron chi connectivity index (χ2n) is 5.10. The Labute approximate surface area is 139 Å². The molecular formula is C18H14ClN3O. The van der Waals surface area contributed by atoms with E-state index in [0.29, 0.717) is 27.5 Å². The maximum Gasteiger partial charge on any atom is 0.125 e. The fraction of sp³-hybridized carbons (Fsp3) is 0.0556. The van der Waals surface area contributed by atoms with Crippen LogP contribution in [0, 0.1) is 11.8 Å². The first kappa shape index (κ1) is 15.0. The molecule has 5 heteroatoms. The molecule has 0 saturated heterocycles. The van der Waals surface area contributed by atoms with Crippen LogP contribution in [0.1, 0.15) is 11.1 Å². The van der Waals surface area contributed by atoms with E-state index < -0.39 is 0 Å². The van der Waals surface area contributed by atoms with Gasteiger partial charge in [-0.15, -0.1) is 0 Å². The molecule has 0 atom stereocenters. The Hall–Kier alpha value is -2.90. The van der Waals surface area contributed by atoms with E-state index in [1.807, 2.05) is 12.1 Å². The largest absolute Gasteiger partial charge is 0.507 e. The normalized spacial score (nSPS) is 10.2. The van der Waals surface area contributed by atoms with Crippen molar-refractivity contribution in [2.24, 2.45) is 7.05 Å². The standard InChI is InChI=1S/C18H14ClN3O/c1-22-11-13(5-2-12-3-7-15(20)8-4-12)18(21-22)16-10-14(19)6-9-17(16)23/h3-4,6-11,23H,20H2,1H3. The lowest BCUT2D eigenvalue weighted by atomic mass is 10.1. The smallest absolute Gasteiger partial charge is 0.125 e. The van der Waals surface area contributed by atoms with E-state index in [1.165, 1.54) is 0 Å². The first-order valence-electron chi connectivity index (χ1n) is 6.93. The minimum atomic E-state index is 0.114. The molecule has 3 aromatic rings. The number of aromatic hydroxyl groups is 1. The monoisotopic (exact) mass is 323 g/mol. The van der Waals surface area contributed by atoms with Crippen molar-refractivity contribution >= 4 is 17.3 Å². The van der Waals surface area contributed by atoms with E-state index >= 15 is 0 Å². The highest BCUT2D eigenvalue weighted by molar-refractivity contribution is 6.31. The van der Waals surface area contributed by atoms with Crippen molar-refractivity contribution in [3.8, 4) is 28.8 Å². The molecule has 3 N–H and O–H groups in total. The molecule has 0 spiro atoms. The van der Waals surface area contributed by atoms with Crippen molar-refractivity contribution in [3.63, 3.8) is 0 Å². The summed E-state index contributed by atoms with van der Waals surface area (Å²) in [4.78, 5) is 0. The molecule has 0 bridgehead atoms. The molecule has 114 valence electrons. The SMILES string of the molecule is Cn1cc(C#Cc2ccc(N)cc2)c(-c2cc(Cl)ccc2O)n1. The highest BCUT2D eigenvalue weighted by Crippen LogP contribution is 2.32. The van der Waals surface area contributed by atoms with Crippen LogP contribution in [-0.2, 0) is 7.05 Å². The molecule has 0 radical (unpaired) electrons. The highest BCUT2D eigenvalue weighted by Gasteiger charge is 2.13. The Morgan fingerprint density at radius 1 is 1.13 bits per heavy atom. The van der Waals surface area contributed by atoms with Crippen molar-refractivity contribution in [3.05, 3.63) is 64.8 Å². The Kier molecular flexibility index (Phi) is 3.96. The number of hydrogen-bond donors (Lipinski definition) is 2. The summed E-state index contributed by atoms with van der Waals surface area (Å²) in [6.45, 7) is 0. The van der Waals surface area contributed by atoms with Crippen LogP contribution >= 0.6 is 11.6 Å². The molecule has 0 aliphatic heterocycles. The number of aryl methyl sites for hydroxylation is 1. The number of phenolic OH excluding ortho intramolecular Hbond substituents is 1. The fourth-order valence-electron chi connectivity index (χ4n) is 2.18. The number of hydrogen-bond acceptors (Lipinski definition) is 3. The number of nitrogen functional groups attached to an aromatic ring is 1. The molecule has 1 aromatic heterocycles. The van der Waals surface area contributed by atoms with Crippen molar-refractivity contribution in [2.45, 2.75) is 0 Å². The van der Waals surface area contributed by atoms with Crippen molar-refractivity contribution in [2.75, 3.05) is 5.73 Å². The van der Waals surface area contributed by atoms with Gasteiger partial charge in [-0.2, -0.15) is 5.10 Å².